The van der Waals surface area contributed by atoms with E-state index in [1.807, 2.05) is 0 Å². The highest BCUT2D eigenvalue weighted by Gasteiger charge is 2.43. The average Bonchev–Trinajstić information content (AvgIpc) is 3.19. The molecular formula is C11H16N5O12P3. The number of ether oxygens (including phenoxy) is 1. The van der Waals surface area contributed by atoms with Crippen molar-refractivity contribution in [3.05, 3.63) is 12.5 Å². The monoisotopic (exact) mass is 503 g/mol. The zero-order chi connectivity index (χ0) is 23.0. The first kappa shape index (κ1) is 24.2. The highest BCUT2D eigenvalue weighted by atomic mass is 31.3. The minimum atomic E-state index is -5.64. The highest BCUT2D eigenvalue weighted by molar-refractivity contribution is 7.66. The molecule has 17 nitrogen and oxygen atoms in total. The summed E-state index contributed by atoms with van der Waals surface area (Å²) in [6.07, 6.45) is -0.437. The summed E-state index contributed by atoms with van der Waals surface area (Å²) < 4.78 is 52.5. The number of aliphatic hydroxyl groups excluding tert-OH is 1. The quantitative estimate of drug-likeness (QED) is 0.226. The van der Waals surface area contributed by atoms with Gasteiger partial charge in [0.25, 0.3) is 5.95 Å². The molecule has 3 rings (SSSR count). The van der Waals surface area contributed by atoms with Crippen molar-refractivity contribution in [1.82, 2.24) is 19.5 Å². The van der Waals surface area contributed by atoms with Crippen molar-refractivity contribution in [2.75, 3.05) is 6.61 Å². The summed E-state index contributed by atoms with van der Waals surface area (Å²) in [4.78, 5) is 51.4. The molecule has 2 aromatic heterocycles. The fraction of sp³-hybridized carbons (Fsp3) is 0.455. The molecule has 20 heteroatoms. The maximum atomic E-state index is 11.8. The molecule has 5 N–H and O–H groups in total. The van der Waals surface area contributed by atoms with Crippen molar-refractivity contribution in [2.24, 2.45) is 4.99 Å². The molecular weight excluding hydrogens is 487 g/mol. The molecule has 5 unspecified atom stereocenters. The van der Waals surface area contributed by atoms with Crippen LogP contribution < -0.4 is 0 Å². The molecule has 0 saturated carbocycles. The van der Waals surface area contributed by atoms with Gasteiger partial charge in [-0.3, -0.25) is 9.09 Å². The minimum Gasteiger partial charge on any atom is -0.390 e. The molecule has 1 saturated heterocycles. The van der Waals surface area contributed by atoms with Crippen LogP contribution in [-0.2, 0) is 31.6 Å². The van der Waals surface area contributed by atoms with Crippen LogP contribution in [0, 0.1) is 0 Å². The van der Waals surface area contributed by atoms with Crippen molar-refractivity contribution in [2.45, 2.75) is 24.9 Å². The second-order valence-electron chi connectivity index (χ2n) is 6.01. The first-order valence-corrected chi connectivity index (χ1v) is 12.6. The van der Waals surface area contributed by atoms with Gasteiger partial charge in [0.1, 0.15) is 17.8 Å². The van der Waals surface area contributed by atoms with Gasteiger partial charge in [-0.05, 0) is 6.72 Å². The van der Waals surface area contributed by atoms with E-state index in [2.05, 4.69) is 39.8 Å². The van der Waals surface area contributed by atoms with Crippen LogP contribution in [0.25, 0.3) is 11.2 Å². The number of aromatic nitrogens is 4. The smallest absolute Gasteiger partial charge is 0.390 e. The Balaban J connectivity index is 1.65. The summed E-state index contributed by atoms with van der Waals surface area (Å²) >= 11 is 0. The Morgan fingerprint density at radius 1 is 1.19 bits per heavy atom. The van der Waals surface area contributed by atoms with E-state index in [0.717, 1.165) is 0 Å². The van der Waals surface area contributed by atoms with Gasteiger partial charge in [-0.25, -0.2) is 28.7 Å². The summed E-state index contributed by atoms with van der Waals surface area (Å²) in [7, 11) is -16.5. The van der Waals surface area contributed by atoms with E-state index >= 15 is 0 Å². The van der Waals surface area contributed by atoms with Crippen LogP contribution in [-0.4, -0.2) is 69.7 Å². The van der Waals surface area contributed by atoms with Gasteiger partial charge in [-0.2, -0.15) is 13.6 Å². The Labute approximate surface area is 172 Å². The molecule has 31 heavy (non-hydrogen) atoms. The van der Waals surface area contributed by atoms with E-state index in [4.69, 9.17) is 19.4 Å². The molecule has 2 aromatic rings. The minimum absolute atomic E-state index is 0.00324. The van der Waals surface area contributed by atoms with Crippen molar-refractivity contribution >= 4 is 47.3 Å². The lowest BCUT2D eigenvalue weighted by Crippen LogP contribution is -2.26. The number of imidazole rings is 1. The van der Waals surface area contributed by atoms with Gasteiger partial charge >= 0.3 is 23.5 Å². The van der Waals surface area contributed by atoms with Crippen LogP contribution in [0.1, 0.15) is 12.6 Å². The fourth-order valence-corrected chi connectivity index (χ4v) is 5.64. The highest BCUT2D eigenvalue weighted by Crippen LogP contribution is 2.66. The van der Waals surface area contributed by atoms with Crippen LogP contribution in [0.4, 0.5) is 5.95 Å². The topological polar surface area (TPSA) is 245 Å². The van der Waals surface area contributed by atoms with E-state index in [1.165, 1.54) is 17.1 Å². The zero-order valence-corrected chi connectivity index (χ0v) is 17.9. The Hall–Kier alpha value is -1.45. The van der Waals surface area contributed by atoms with Gasteiger partial charge in [-0.15, -0.1) is 0 Å². The van der Waals surface area contributed by atoms with Crippen LogP contribution in [0.5, 0.6) is 0 Å². The number of hydrogen-bond acceptors (Lipinski definition) is 12. The van der Waals surface area contributed by atoms with Crippen molar-refractivity contribution in [1.29, 1.82) is 0 Å². The first-order chi connectivity index (χ1) is 14.3. The molecule has 3 heterocycles. The number of rotatable bonds is 9. The lowest BCUT2D eigenvalue weighted by molar-refractivity contribution is -0.0423. The number of phosphoric ester groups is 1. The first-order valence-electron chi connectivity index (χ1n) is 8.07. The Bertz CT molecular complexity index is 1120. The number of hydrogen-bond donors (Lipinski definition) is 5. The van der Waals surface area contributed by atoms with Crippen LogP contribution in [0.2, 0.25) is 0 Å². The SMILES string of the molecule is C=Nc1ncc2ncn(C3CC(O)C(COP(=O)(O)OP(=O)(O)OP(=O)(O)O)O3)c2n1. The molecule has 5 atom stereocenters. The third-order valence-electron chi connectivity index (χ3n) is 3.78. The third kappa shape index (κ3) is 6.29. The summed E-state index contributed by atoms with van der Waals surface area (Å²) in [6.45, 7) is 2.53. The lowest BCUT2D eigenvalue weighted by atomic mass is 10.2. The molecule has 1 aliphatic rings. The average molecular weight is 503 g/mol. The summed E-state index contributed by atoms with van der Waals surface area (Å²) in [5.41, 5.74) is 0.727. The number of aliphatic hydroxyl groups is 1. The van der Waals surface area contributed by atoms with Crippen molar-refractivity contribution < 1.29 is 56.3 Å². The van der Waals surface area contributed by atoms with Crippen molar-refractivity contribution in [3.63, 3.8) is 0 Å². The summed E-state index contributed by atoms with van der Waals surface area (Å²) in [5, 5.41) is 10.2. The molecule has 0 bridgehead atoms. The Morgan fingerprint density at radius 2 is 1.90 bits per heavy atom. The van der Waals surface area contributed by atoms with E-state index in [9.17, 15) is 23.7 Å². The van der Waals surface area contributed by atoms with Crippen molar-refractivity contribution in [3.8, 4) is 0 Å². The second kappa shape index (κ2) is 8.83. The van der Waals surface area contributed by atoms with E-state index in [1.54, 1.807) is 0 Å². The third-order valence-corrected chi connectivity index (χ3v) is 7.58. The molecule has 0 radical (unpaired) electrons. The van der Waals surface area contributed by atoms with Crippen LogP contribution >= 0.6 is 23.5 Å². The van der Waals surface area contributed by atoms with Gasteiger partial charge in [-0.1, -0.05) is 0 Å². The number of phosphoric acid groups is 3. The zero-order valence-electron chi connectivity index (χ0n) is 15.2. The van der Waals surface area contributed by atoms with Gasteiger partial charge < -0.3 is 29.4 Å². The predicted octanol–water partition coefficient (Wildman–Crippen LogP) is 0.150. The number of fused-ring (bicyclic) bond motifs is 1. The maximum Gasteiger partial charge on any atom is 0.490 e. The summed E-state index contributed by atoms with van der Waals surface area (Å²) in [5.74, 6) is 0.0806. The molecule has 0 aliphatic carbocycles. The largest absolute Gasteiger partial charge is 0.490 e. The molecule has 172 valence electrons. The van der Waals surface area contributed by atoms with Gasteiger partial charge in [0.05, 0.1) is 25.2 Å². The molecule has 0 spiro atoms. The number of aliphatic imine (C=N–C) groups is 1. The summed E-state index contributed by atoms with van der Waals surface area (Å²) in [6, 6.07) is 0. The standard InChI is InChI=1S/C11H16N5O12P3/c1-12-11-13-3-6-10(15-11)16(5-14-6)9-2-7(17)8(26-9)4-25-30(21,22)28-31(23,24)27-29(18,19)20/h3,5,7-9,17H,1-2,4H2,(H,21,22)(H,23,24)(H2,18,19,20). The van der Waals surface area contributed by atoms with Crippen LogP contribution in [0.15, 0.2) is 17.5 Å². The lowest BCUT2D eigenvalue weighted by Gasteiger charge is -2.19. The Morgan fingerprint density at radius 3 is 2.55 bits per heavy atom. The van der Waals surface area contributed by atoms with Gasteiger partial charge in [0, 0.05) is 6.42 Å². The molecule has 1 aliphatic heterocycles. The predicted molar refractivity (Wildman–Crippen MR) is 98.9 cm³/mol. The normalized spacial score (nSPS) is 25.9. The van der Waals surface area contributed by atoms with Gasteiger partial charge in [0.15, 0.2) is 5.65 Å². The molecule has 0 aromatic carbocycles. The van der Waals surface area contributed by atoms with E-state index in [-0.39, 0.29) is 12.4 Å². The molecule has 1 fully saturated rings. The van der Waals surface area contributed by atoms with Crippen LogP contribution in [0.3, 0.4) is 0 Å². The maximum absolute atomic E-state index is 11.8. The second-order valence-corrected chi connectivity index (χ2v) is 10.4. The number of nitrogens with zero attached hydrogens (tertiary/aromatic N) is 5. The fourth-order valence-electron chi connectivity index (χ4n) is 2.61. The van der Waals surface area contributed by atoms with E-state index in [0.29, 0.717) is 11.2 Å². The molecule has 0 amide bonds. The van der Waals surface area contributed by atoms with E-state index < -0.39 is 48.5 Å². The Kier molecular flexibility index (Phi) is 6.89. The van der Waals surface area contributed by atoms with Gasteiger partial charge in [0.2, 0.25) is 0 Å².